The van der Waals surface area contributed by atoms with Crippen molar-refractivity contribution in [1.82, 2.24) is 9.78 Å². The van der Waals surface area contributed by atoms with Crippen LogP contribution in [0, 0.1) is 0 Å². The maximum absolute atomic E-state index is 9.16. The first kappa shape index (κ1) is 9.85. The third-order valence-corrected chi connectivity index (χ3v) is 3.52. The van der Waals surface area contributed by atoms with Crippen LogP contribution >= 0.6 is 0 Å². The van der Waals surface area contributed by atoms with E-state index in [0.717, 1.165) is 5.56 Å². The summed E-state index contributed by atoms with van der Waals surface area (Å²) in [6.07, 6.45) is 7.02. The van der Waals surface area contributed by atoms with E-state index in [-0.39, 0.29) is 6.61 Å². The van der Waals surface area contributed by atoms with Crippen LogP contribution in [-0.4, -0.2) is 14.9 Å². The second kappa shape index (κ2) is 3.91. The molecule has 1 aliphatic carbocycles. The molecule has 3 nitrogen and oxygen atoms in total. The average molecular weight is 216 g/mol. The van der Waals surface area contributed by atoms with Gasteiger partial charge in [0.15, 0.2) is 0 Å². The van der Waals surface area contributed by atoms with E-state index in [1.807, 2.05) is 18.3 Å². The van der Waals surface area contributed by atoms with Crippen LogP contribution in [0.1, 0.15) is 37.3 Å². The van der Waals surface area contributed by atoms with Crippen molar-refractivity contribution in [2.24, 2.45) is 0 Å². The van der Waals surface area contributed by atoms with Crippen molar-refractivity contribution in [2.75, 3.05) is 0 Å². The Morgan fingerprint density at radius 3 is 2.88 bits per heavy atom. The molecule has 0 spiro atoms. The van der Waals surface area contributed by atoms with Crippen molar-refractivity contribution in [1.29, 1.82) is 0 Å². The molecular formula is C13H16N2O. The third kappa shape index (κ3) is 1.52. The fourth-order valence-electron chi connectivity index (χ4n) is 2.62. The summed E-state index contributed by atoms with van der Waals surface area (Å²) in [5, 5.41) is 14.8. The molecule has 0 amide bonds. The van der Waals surface area contributed by atoms with E-state index in [2.05, 4.69) is 15.8 Å². The predicted molar refractivity (Wildman–Crippen MR) is 63.2 cm³/mol. The van der Waals surface area contributed by atoms with Gasteiger partial charge in [-0.1, -0.05) is 25.0 Å². The SMILES string of the molecule is OCc1ccc2cnn(C3CCCC3)c2c1. The molecule has 1 fully saturated rings. The predicted octanol–water partition coefficient (Wildman–Crippen LogP) is 2.64. The highest BCUT2D eigenvalue weighted by molar-refractivity contribution is 5.79. The highest BCUT2D eigenvalue weighted by Crippen LogP contribution is 2.31. The van der Waals surface area contributed by atoms with Gasteiger partial charge in [-0.05, 0) is 24.5 Å². The topological polar surface area (TPSA) is 38.1 Å². The van der Waals surface area contributed by atoms with Crippen molar-refractivity contribution in [2.45, 2.75) is 38.3 Å². The lowest BCUT2D eigenvalue weighted by Gasteiger charge is -2.11. The number of hydrogen-bond acceptors (Lipinski definition) is 2. The number of fused-ring (bicyclic) bond motifs is 1. The molecule has 0 atom stereocenters. The summed E-state index contributed by atoms with van der Waals surface area (Å²) < 4.78 is 2.14. The smallest absolute Gasteiger partial charge is 0.0689 e. The zero-order valence-corrected chi connectivity index (χ0v) is 9.26. The summed E-state index contributed by atoms with van der Waals surface area (Å²) in [6, 6.07) is 6.62. The van der Waals surface area contributed by atoms with Crippen LogP contribution in [0.25, 0.3) is 10.9 Å². The van der Waals surface area contributed by atoms with E-state index in [9.17, 15) is 0 Å². The van der Waals surface area contributed by atoms with Crippen molar-refractivity contribution in [3.8, 4) is 0 Å². The quantitative estimate of drug-likeness (QED) is 0.838. The molecule has 0 saturated heterocycles. The Morgan fingerprint density at radius 1 is 1.31 bits per heavy atom. The first-order valence-corrected chi connectivity index (χ1v) is 5.95. The molecule has 1 aromatic heterocycles. The zero-order valence-electron chi connectivity index (χ0n) is 9.26. The van der Waals surface area contributed by atoms with E-state index in [0.29, 0.717) is 6.04 Å². The fourth-order valence-corrected chi connectivity index (χ4v) is 2.62. The van der Waals surface area contributed by atoms with Gasteiger partial charge in [-0.3, -0.25) is 4.68 Å². The van der Waals surface area contributed by atoms with Crippen LogP contribution in [0.4, 0.5) is 0 Å². The van der Waals surface area contributed by atoms with E-state index in [1.54, 1.807) is 0 Å². The highest BCUT2D eigenvalue weighted by atomic mass is 16.3. The van der Waals surface area contributed by atoms with Crippen LogP contribution in [-0.2, 0) is 6.61 Å². The van der Waals surface area contributed by atoms with E-state index in [1.165, 1.54) is 36.6 Å². The summed E-state index contributed by atoms with van der Waals surface area (Å²) in [7, 11) is 0. The first-order valence-electron chi connectivity index (χ1n) is 5.95. The lowest BCUT2D eigenvalue weighted by molar-refractivity contribution is 0.282. The third-order valence-electron chi connectivity index (χ3n) is 3.52. The molecule has 3 rings (SSSR count). The van der Waals surface area contributed by atoms with Gasteiger partial charge in [0.25, 0.3) is 0 Å². The van der Waals surface area contributed by atoms with Gasteiger partial charge in [0.05, 0.1) is 24.4 Å². The maximum atomic E-state index is 9.16. The van der Waals surface area contributed by atoms with Gasteiger partial charge in [-0.15, -0.1) is 0 Å². The van der Waals surface area contributed by atoms with Crippen molar-refractivity contribution in [3.63, 3.8) is 0 Å². The zero-order chi connectivity index (χ0) is 11.0. The molecule has 1 aromatic carbocycles. The van der Waals surface area contributed by atoms with Gasteiger partial charge in [0.1, 0.15) is 0 Å². The minimum absolute atomic E-state index is 0.103. The number of rotatable bonds is 2. The molecule has 1 aliphatic rings. The number of aliphatic hydroxyl groups excluding tert-OH is 1. The largest absolute Gasteiger partial charge is 0.392 e. The van der Waals surface area contributed by atoms with Crippen molar-refractivity contribution >= 4 is 10.9 Å². The summed E-state index contributed by atoms with van der Waals surface area (Å²) in [4.78, 5) is 0. The molecule has 3 heteroatoms. The minimum Gasteiger partial charge on any atom is -0.392 e. The molecule has 2 aromatic rings. The highest BCUT2D eigenvalue weighted by Gasteiger charge is 2.19. The molecule has 16 heavy (non-hydrogen) atoms. The molecule has 1 N–H and O–H groups in total. The molecule has 84 valence electrons. The maximum Gasteiger partial charge on any atom is 0.0689 e. The lowest BCUT2D eigenvalue weighted by Crippen LogP contribution is -2.06. The Kier molecular flexibility index (Phi) is 2.40. The number of hydrogen-bond donors (Lipinski definition) is 1. The van der Waals surface area contributed by atoms with Gasteiger partial charge in [-0.2, -0.15) is 5.10 Å². The molecule has 1 heterocycles. The van der Waals surface area contributed by atoms with Crippen LogP contribution < -0.4 is 0 Å². The summed E-state index contributed by atoms with van der Waals surface area (Å²) in [5.74, 6) is 0. The Bertz CT molecular complexity index is 498. The number of aliphatic hydroxyl groups is 1. The van der Waals surface area contributed by atoms with Gasteiger partial charge in [0.2, 0.25) is 0 Å². The average Bonchev–Trinajstić information content (AvgIpc) is 2.96. The van der Waals surface area contributed by atoms with Crippen LogP contribution in [0.3, 0.4) is 0 Å². The van der Waals surface area contributed by atoms with Crippen molar-refractivity contribution < 1.29 is 5.11 Å². The monoisotopic (exact) mass is 216 g/mol. The second-order valence-corrected chi connectivity index (χ2v) is 4.58. The lowest BCUT2D eigenvalue weighted by atomic mass is 10.1. The van der Waals surface area contributed by atoms with Gasteiger partial charge in [-0.25, -0.2) is 0 Å². The minimum atomic E-state index is 0.103. The molecule has 1 saturated carbocycles. The van der Waals surface area contributed by atoms with E-state index < -0.39 is 0 Å². The van der Waals surface area contributed by atoms with Crippen molar-refractivity contribution in [3.05, 3.63) is 30.0 Å². The fraction of sp³-hybridized carbons (Fsp3) is 0.462. The standard InChI is InChI=1S/C13H16N2O/c16-9-10-5-6-11-8-14-15(13(11)7-10)12-3-1-2-4-12/h5-8,12,16H,1-4,9H2. The number of benzene rings is 1. The Balaban J connectivity index is 2.09. The Labute approximate surface area is 94.7 Å². The van der Waals surface area contributed by atoms with Gasteiger partial charge < -0.3 is 5.11 Å². The van der Waals surface area contributed by atoms with Gasteiger partial charge in [0, 0.05) is 5.39 Å². The summed E-state index contributed by atoms with van der Waals surface area (Å²) >= 11 is 0. The molecular weight excluding hydrogens is 200 g/mol. The van der Waals surface area contributed by atoms with E-state index >= 15 is 0 Å². The van der Waals surface area contributed by atoms with Gasteiger partial charge >= 0.3 is 0 Å². The normalized spacial score (nSPS) is 17.3. The Hall–Kier alpha value is -1.35. The molecule has 0 radical (unpaired) electrons. The van der Waals surface area contributed by atoms with E-state index in [4.69, 9.17) is 5.11 Å². The molecule has 0 unspecified atom stereocenters. The summed E-state index contributed by atoms with van der Waals surface area (Å²) in [5.41, 5.74) is 2.13. The molecule has 0 aliphatic heterocycles. The Morgan fingerprint density at radius 2 is 2.12 bits per heavy atom. The number of nitrogens with zero attached hydrogens (tertiary/aromatic N) is 2. The molecule has 0 bridgehead atoms. The van der Waals surface area contributed by atoms with Crippen LogP contribution in [0.2, 0.25) is 0 Å². The first-order chi connectivity index (χ1) is 7.88. The van der Waals surface area contributed by atoms with Crippen LogP contribution in [0.5, 0.6) is 0 Å². The summed E-state index contributed by atoms with van der Waals surface area (Å²) in [6.45, 7) is 0.103. The second-order valence-electron chi connectivity index (χ2n) is 4.58. The van der Waals surface area contributed by atoms with Crippen LogP contribution in [0.15, 0.2) is 24.4 Å². The number of aromatic nitrogens is 2.